The van der Waals surface area contributed by atoms with Crippen LogP contribution in [0.2, 0.25) is 0 Å². The number of nitrogens with one attached hydrogen (secondary N) is 1. The molecule has 0 amide bonds. The summed E-state index contributed by atoms with van der Waals surface area (Å²) in [6.45, 7) is 0. The average molecular weight is 198 g/mol. The van der Waals surface area contributed by atoms with Crippen molar-refractivity contribution >= 4 is 10.9 Å². The number of para-hydroxylation sites is 1. The quantitative estimate of drug-likeness (QED) is 0.601. The molecule has 0 spiro atoms. The van der Waals surface area contributed by atoms with Gasteiger partial charge in [0.15, 0.2) is 0 Å². The van der Waals surface area contributed by atoms with Crippen molar-refractivity contribution in [2.24, 2.45) is 0 Å². The molecule has 0 fully saturated rings. The van der Waals surface area contributed by atoms with Crippen LogP contribution in [0.15, 0.2) is 55.5 Å². The molecule has 0 unspecified atom stereocenters. The molecule has 0 aliphatic carbocycles. The molecule has 0 radical (unpaired) electrons. The van der Waals surface area contributed by atoms with E-state index >= 15 is 0 Å². The first-order valence-electron chi connectivity index (χ1n) is 4.54. The number of hydrogen-bond acceptors (Lipinski definition) is 3. The third-order valence-corrected chi connectivity index (χ3v) is 1.86. The number of aromatic nitrogens is 4. The number of rotatable bonds is 0. The normalized spacial score (nSPS) is 9.33. The molecule has 3 rings (SSSR count). The van der Waals surface area contributed by atoms with Crippen molar-refractivity contribution in [2.45, 2.75) is 0 Å². The van der Waals surface area contributed by atoms with E-state index in [-0.39, 0.29) is 0 Å². The first-order valence-corrected chi connectivity index (χ1v) is 4.54. The molecule has 2 aromatic heterocycles. The van der Waals surface area contributed by atoms with Crippen molar-refractivity contribution in [2.75, 3.05) is 0 Å². The highest BCUT2D eigenvalue weighted by atomic mass is 14.9. The molecule has 2 heterocycles. The Balaban J connectivity index is 0.000000124. The third-order valence-electron chi connectivity index (χ3n) is 1.86. The molecule has 0 aliphatic heterocycles. The van der Waals surface area contributed by atoms with Gasteiger partial charge < -0.3 is 4.98 Å². The fraction of sp³-hybridized carbons (Fsp3) is 0. The maximum absolute atomic E-state index is 3.56. The van der Waals surface area contributed by atoms with Gasteiger partial charge in [0, 0.05) is 11.7 Å². The number of aromatic amines is 1. The molecule has 3 aromatic rings. The SMILES string of the molecule is c1ccc2[nH]ccc2c1.c1ncncn1. The molecule has 1 N–H and O–H groups in total. The number of nitrogens with zero attached hydrogens (tertiary/aromatic N) is 3. The van der Waals surface area contributed by atoms with Crippen LogP contribution < -0.4 is 0 Å². The van der Waals surface area contributed by atoms with Crippen molar-refractivity contribution in [3.05, 3.63) is 55.5 Å². The lowest BCUT2D eigenvalue weighted by Crippen LogP contribution is -1.73. The molecule has 0 atom stereocenters. The first-order chi connectivity index (χ1) is 7.47. The first kappa shape index (κ1) is 9.33. The van der Waals surface area contributed by atoms with Gasteiger partial charge in [0.25, 0.3) is 0 Å². The molecule has 4 heteroatoms. The summed E-state index contributed by atoms with van der Waals surface area (Å²) in [5, 5.41) is 1.28. The minimum atomic E-state index is 1.21. The Labute approximate surface area is 87.0 Å². The third kappa shape index (κ3) is 2.60. The van der Waals surface area contributed by atoms with Crippen molar-refractivity contribution in [3.8, 4) is 0 Å². The highest BCUT2D eigenvalue weighted by Crippen LogP contribution is 2.09. The van der Waals surface area contributed by atoms with Gasteiger partial charge in [0.05, 0.1) is 0 Å². The van der Waals surface area contributed by atoms with E-state index in [4.69, 9.17) is 0 Å². The predicted octanol–water partition coefficient (Wildman–Crippen LogP) is 2.04. The summed E-state index contributed by atoms with van der Waals surface area (Å²) in [6.07, 6.45) is 6.26. The summed E-state index contributed by atoms with van der Waals surface area (Å²) in [4.78, 5) is 13.8. The zero-order valence-electron chi connectivity index (χ0n) is 8.04. The Morgan fingerprint density at radius 1 is 0.800 bits per heavy atom. The van der Waals surface area contributed by atoms with Crippen LogP contribution in [0, 0.1) is 0 Å². The smallest absolute Gasteiger partial charge is 0.119 e. The monoisotopic (exact) mass is 198 g/mol. The van der Waals surface area contributed by atoms with Crippen LogP contribution in [0.1, 0.15) is 0 Å². The van der Waals surface area contributed by atoms with Gasteiger partial charge in [-0.3, -0.25) is 0 Å². The molecule has 0 aliphatic rings. The minimum absolute atomic E-state index is 1.21. The molecule has 0 bridgehead atoms. The van der Waals surface area contributed by atoms with Gasteiger partial charge in [-0.1, -0.05) is 18.2 Å². The summed E-state index contributed by atoms with van der Waals surface area (Å²) in [5.41, 5.74) is 1.21. The number of H-pyrrole nitrogens is 1. The zero-order chi connectivity index (χ0) is 10.3. The van der Waals surface area contributed by atoms with Crippen molar-refractivity contribution < 1.29 is 0 Å². The second-order valence-corrected chi connectivity index (χ2v) is 2.86. The van der Waals surface area contributed by atoms with E-state index in [0.29, 0.717) is 0 Å². The van der Waals surface area contributed by atoms with E-state index in [1.165, 1.54) is 29.9 Å². The van der Waals surface area contributed by atoms with Crippen LogP contribution in [0.4, 0.5) is 0 Å². The van der Waals surface area contributed by atoms with Gasteiger partial charge in [-0.2, -0.15) is 0 Å². The molecule has 0 saturated carbocycles. The minimum Gasteiger partial charge on any atom is -0.361 e. The Morgan fingerprint density at radius 2 is 1.47 bits per heavy atom. The average Bonchev–Trinajstić information content (AvgIpc) is 2.80. The zero-order valence-corrected chi connectivity index (χ0v) is 8.04. The van der Waals surface area contributed by atoms with E-state index in [0.717, 1.165) is 0 Å². The molecule has 4 nitrogen and oxygen atoms in total. The molecule has 1 aromatic carbocycles. The maximum Gasteiger partial charge on any atom is 0.119 e. The lowest BCUT2D eigenvalue weighted by Gasteiger charge is -1.83. The summed E-state index contributed by atoms with van der Waals surface area (Å²) in [7, 11) is 0. The van der Waals surface area contributed by atoms with Gasteiger partial charge in [-0.15, -0.1) is 0 Å². The van der Waals surface area contributed by atoms with E-state index in [2.05, 4.69) is 38.1 Å². The fourth-order valence-electron chi connectivity index (χ4n) is 1.20. The Bertz CT molecular complexity index is 447. The predicted molar refractivity (Wildman–Crippen MR) is 58.1 cm³/mol. The summed E-state index contributed by atoms with van der Waals surface area (Å²) < 4.78 is 0. The summed E-state index contributed by atoms with van der Waals surface area (Å²) >= 11 is 0. The van der Waals surface area contributed by atoms with Crippen LogP contribution >= 0.6 is 0 Å². The lowest BCUT2D eigenvalue weighted by molar-refractivity contribution is 1.05. The van der Waals surface area contributed by atoms with E-state index < -0.39 is 0 Å². The second kappa shape index (κ2) is 4.85. The highest BCUT2D eigenvalue weighted by molar-refractivity contribution is 5.78. The van der Waals surface area contributed by atoms with Gasteiger partial charge in [-0.25, -0.2) is 15.0 Å². The summed E-state index contributed by atoms with van der Waals surface area (Å²) in [6, 6.07) is 10.3. The van der Waals surface area contributed by atoms with Crippen LogP contribution in [-0.4, -0.2) is 19.9 Å². The molecule has 0 saturated heterocycles. The second-order valence-electron chi connectivity index (χ2n) is 2.86. The molecule has 74 valence electrons. The van der Waals surface area contributed by atoms with Gasteiger partial charge in [0.2, 0.25) is 0 Å². The standard InChI is InChI=1S/C8H7N.C3H3N3/c1-2-4-8-7(3-1)5-6-9-8;1-4-2-6-3-5-1/h1-6,9H;1-3H. The van der Waals surface area contributed by atoms with Gasteiger partial charge >= 0.3 is 0 Å². The van der Waals surface area contributed by atoms with E-state index in [1.54, 1.807) is 0 Å². The van der Waals surface area contributed by atoms with Crippen molar-refractivity contribution in [1.82, 2.24) is 19.9 Å². The number of benzene rings is 1. The lowest BCUT2D eigenvalue weighted by atomic mass is 10.3. The van der Waals surface area contributed by atoms with Crippen molar-refractivity contribution in [3.63, 3.8) is 0 Å². The molecule has 15 heavy (non-hydrogen) atoms. The fourth-order valence-corrected chi connectivity index (χ4v) is 1.20. The molecular formula is C11H10N4. The number of hydrogen-bond donors (Lipinski definition) is 1. The topological polar surface area (TPSA) is 54.5 Å². The van der Waals surface area contributed by atoms with Gasteiger partial charge in [-0.05, 0) is 17.5 Å². The summed E-state index contributed by atoms with van der Waals surface area (Å²) in [5.74, 6) is 0. The highest BCUT2D eigenvalue weighted by Gasteiger charge is 1.86. The largest absolute Gasteiger partial charge is 0.361 e. The number of fused-ring (bicyclic) bond motifs is 1. The van der Waals surface area contributed by atoms with Crippen LogP contribution in [0.25, 0.3) is 10.9 Å². The van der Waals surface area contributed by atoms with Crippen LogP contribution in [0.3, 0.4) is 0 Å². The van der Waals surface area contributed by atoms with E-state index in [1.807, 2.05) is 18.3 Å². The Hall–Kier alpha value is -2.23. The maximum atomic E-state index is 3.56. The van der Waals surface area contributed by atoms with Gasteiger partial charge in [0.1, 0.15) is 19.0 Å². The van der Waals surface area contributed by atoms with Crippen LogP contribution in [-0.2, 0) is 0 Å². The molecular weight excluding hydrogens is 188 g/mol. The Morgan fingerprint density at radius 3 is 2.07 bits per heavy atom. The van der Waals surface area contributed by atoms with Crippen LogP contribution in [0.5, 0.6) is 0 Å². The van der Waals surface area contributed by atoms with E-state index in [9.17, 15) is 0 Å². The Kier molecular flexibility index (Phi) is 3.02. The van der Waals surface area contributed by atoms with Crippen molar-refractivity contribution in [1.29, 1.82) is 0 Å².